The molecule has 114 valence electrons. The molecule has 0 aromatic heterocycles. The topological polar surface area (TPSA) is 46.5 Å². The lowest BCUT2D eigenvalue weighted by Crippen LogP contribution is -2.40. The number of aliphatic hydroxyl groups is 1. The summed E-state index contributed by atoms with van der Waals surface area (Å²) in [4.78, 5) is 11.3. The number of benzene rings is 1. The van der Waals surface area contributed by atoms with E-state index in [-0.39, 0.29) is 25.2 Å². The van der Waals surface area contributed by atoms with Gasteiger partial charge in [0.05, 0.1) is 5.92 Å². The Hall–Kier alpha value is -1.82. The Morgan fingerprint density at radius 2 is 1.95 bits per heavy atom. The van der Waals surface area contributed by atoms with Crippen LogP contribution in [0.4, 0.5) is 13.2 Å². The summed E-state index contributed by atoms with van der Waals surface area (Å²) in [5.41, 5.74) is 0.829. The third-order valence-corrected chi connectivity index (χ3v) is 3.36. The van der Waals surface area contributed by atoms with Crippen molar-refractivity contribution in [2.45, 2.75) is 31.7 Å². The van der Waals surface area contributed by atoms with E-state index in [2.05, 4.69) is 0 Å². The number of alkyl halides is 3. The first-order valence-electron chi connectivity index (χ1n) is 6.55. The van der Waals surface area contributed by atoms with Gasteiger partial charge in [-0.15, -0.1) is 0 Å². The molecule has 0 bridgehead atoms. The summed E-state index contributed by atoms with van der Waals surface area (Å²) in [5.74, 6) is -3.35. The SMILES string of the molecule is O=C(C1CCC=C(OCc2ccccc2)C1O)C(F)(F)F. The molecule has 2 atom stereocenters. The van der Waals surface area contributed by atoms with E-state index >= 15 is 0 Å². The van der Waals surface area contributed by atoms with E-state index < -0.39 is 24.0 Å². The monoisotopic (exact) mass is 300 g/mol. The molecule has 21 heavy (non-hydrogen) atoms. The van der Waals surface area contributed by atoms with Gasteiger partial charge in [0.1, 0.15) is 18.5 Å². The standard InChI is InChI=1S/C15H15F3O3/c16-15(17,18)14(20)11-7-4-8-12(13(11)19)21-9-10-5-2-1-3-6-10/h1-3,5-6,8,11,13,19H,4,7,9H2. The zero-order valence-electron chi connectivity index (χ0n) is 11.1. The summed E-state index contributed by atoms with van der Waals surface area (Å²) >= 11 is 0. The Bertz CT molecular complexity index is 523. The molecule has 3 nitrogen and oxygen atoms in total. The molecule has 2 rings (SSSR count). The maximum Gasteiger partial charge on any atom is 0.450 e. The van der Waals surface area contributed by atoms with Crippen LogP contribution in [0.25, 0.3) is 0 Å². The highest BCUT2D eigenvalue weighted by atomic mass is 19.4. The van der Waals surface area contributed by atoms with Crippen LogP contribution in [-0.4, -0.2) is 23.2 Å². The van der Waals surface area contributed by atoms with Crippen molar-refractivity contribution < 1.29 is 27.8 Å². The minimum atomic E-state index is -4.94. The Labute approximate surface area is 120 Å². The summed E-state index contributed by atoms with van der Waals surface area (Å²) in [6, 6.07) is 9.04. The van der Waals surface area contributed by atoms with E-state index in [9.17, 15) is 23.1 Å². The van der Waals surface area contributed by atoms with Crippen molar-refractivity contribution in [2.75, 3.05) is 0 Å². The van der Waals surface area contributed by atoms with Crippen molar-refractivity contribution in [1.82, 2.24) is 0 Å². The summed E-state index contributed by atoms with van der Waals surface area (Å²) in [7, 11) is 0. The molecule has 6 heteroatoms. The molecule has 1 aromatic rings. The van der Waals surface area contributed by atoms with Crippen LogP contribution in [0.5, 0.6) is 0 Å². The minimum Gasteiger partial charge on any atom is -0.491 e. The second-order valence-corrected chi connectivity index (χ2v) is 4.87. The Morgan fingerprint density at radius 3 is 2.57 bits per heavy atom. The fraction of sp³-hybridized carbons (Fsp3) is 0.400. The first-order valence-corrected chi connectivity index (χ1v) is 6.55. The van der Waals surface area contributed by atoms with E-state index in [1.54, 1.807) is 24.3 Å². The first-order chi connectivity index (χ1) is 9.89. The van der Waals surface area contributed by atoms with Gasteiger partial charge in [0, 0.05) is 0 Å². The van der Waals surface area contributed by atoms with Gasteiger partial charge in [-0.05, 0) is 24.5 Å². The van der Waals surface area contributed by atoms with E-state index in [0.29, 0.717) is 0 Å². The average molecular weight is 300 g/mol. The van der Waals surface area contributed by atoms with Gasteiger partial charge in [-0.2, -0.15) is 13.2 Å². The molecule has 0 saturated carbocycles. The Balaban J connectivity index is 2.01. The number of aliphatic hydroxyl groups excluding tert-OH is 1. The molecule has 0 saturated heterocycles. The fourth-order valence-electron chi connectivity index (χ4n) is 2.25. The fourth-order valence-corrected chi connectivity index (χ4v) is 2.25. The number of carbonyl (C=O) groups is 1. The molecule has 1 N–H and O–H groups in total. The second-order valence-electron chi connectivity index (χ2n) is 4.87. The van der Waals surface area contributed by atoms with Gasteiger partial charge in [-0.1, -0.05) is 30.3 Å². The number of ketones is 1. The van der Waals surface area contributed by atoms with Gasteiger partial charge >= 0.3 is 6.18 Å². The van der Waals surface area contributed by atoms with E-state index in [0.717, 1.165) is 5.56 Å². The number of allylic oxidation sites excluding steroid dienone is 1. The maximum atomic E-state index is 12.5. The normalized spacial score (nSPS) is 22.6. The highest BCUT2D eigenvalue weighted by Crippen LogP contribution is 2.32. The summed E-state index contributed by atoms with van der Waals surface area (Å²) in [6.45, 7) is 0.136. The highest BCUT2D eigenvalue weighted by molar-refractivity contribution is 5.87. The van der Waals surface area contributed by atoms with Crippen LogP contribution in [-0.2, 0) is 16.1 Å². The average Bonchev–Trinajstić information content (AvgIpc) is 2.45. The third kappa shape index (κ3) is 3.85. The Morgan fingerprint density at radius 1 is 1.29 bits per heavy atom. The van der Waals surface area contributed by atoms with Gasteiger partial charge < -0.3 is 9.84 Å². The van der Waals surface area contributed by atoms with Gasteiger partial charge in [0.15, 0.2) is 0 Å². The lowest BCUT2D eigenvalue weighted by Gasteiger charge is -2.28. The second kappa shape index (κ2) is 6.30. The van der Waals surface area contributed by atoms with Crippen molar-refractivity contribution in [3.8, 4) is 0 Å². The van der Waals surface area contributed by atoms with E-state index in [4.69, 9.17) is 4.74 Å². The first kappa shape index (κ1) is 15.6. The van der Waals surface area contributed by atoms with Crippen molar-refractivity contribution in [2.24, 2.45) is 5.92 Å². The third-order valence-electron chi connectivity index (χ3n) is 3.36. The molecule has 1 aliphatic rings. The number of halogens is 3. The molecular formula is C15H15F3O3. The van der Waals surface area contributed by atoms with Crippen molar-refractivity contribution in [1.29, 1.82) is 0 Å². The molecule has 1 aromatic carbocycles. The highest BCUT2D eigenvalue weighted by Gasteiger charge is 2.47. The minimum absolute atomic E-state index is 0.0301. The predicted octanol–water partition coefficient (Wildman–Crippen LogP) is 2.99. The van der Waals surface area contributed by atoms with Gasteiger partial charge in [-0.3, -0.25) is 4.79 Å². The van der Waals surface area contributed by atoms with Crippen LogP contribution >= 0.6 is 0 Å². The summed E-state index contributed by atoms with van der Waals surface area (Å²) in [6.07, 6.45) is -4.70. The summed E-state index contributed by atoms with van der Waals surface area (Å²) in [5, 5.41) is 9.93. The van der Waals surface area contributed by atoms with E-state index in [1.807, 2.05) is 6.07 Å². The summed E-state index contributed by atoms with van der Waals surface area (Å²) < 4.78 is 42.8. The quantitative estimate of drug-likeness (QED) is 0.930. The molecule has 1 aliphatic carbocycles. The molecule has 0 fully saturated rings. The van der Waals surface area contributed by atoms with Gasteiger partial charge in [0.25, 0.3) is 0 Å². The number of ether oxygens (including phenoxy) is 1. The number of Topliss-reactive ketones (excluding diaryl/α,β-unsaturated/α-hetero) is 1. The van der Waals surface area contributed by atoms with Crippen LogP contribution in [0.15, 0.2) is 42.2 Å². The lowest BCUT2D eigenvalue weighted by molar-refractivity contribution is -0.179. The maximum absolute atomic E-state index is 12.5. The van der Waals surface area contributed by atoms with Gasteiger partial charge in [0.2, 0.25) is 5.78 Å². The van der Waals surface area contributed by atoms with Crippen LogP contribution in [0.3, 0.4) is 0 Å². The smallest absolute Gasteiger partial charge is 0.450 e. The van der Waals surface area contributed by atoms with Crippen molar-refractivity contribution in [3.63, 3.8) is 0 Å². The number of hydrogen-bond donors (Lipinski definition) is 1. The van der Waals surface area contributed by atoms with Crippen LogP contribution in [0.2, 0.25) is 0 Å². The lowest BCUT2D eigenvalue weighted by atomic mass is 9.86. The van der Waals surface area contributed by atoms with Crippen LogP contribution < -0.4 is 0 Å². The zero-order valence-corrected chi connectivity index (χ0v) is 11.1. The van der Waals surface area contributed by atoms with E-state index in [1.165, 1.54) is 6.08 Å². The molecular weight excluding hydrogens is 285 g/mol. The van der Waals surface area contributed by atoms with Crippen LogP contribution in [0, 0.1) is 5.92 Å². The molecule has 0 heterocycles. The van der Waals surface area contributed by atoms with Crippen molar-refractivity contribution >= 4 is 5.78 Å². The van der Waals surface area contributed by atoms with Crippen LogP contribution in [0.1, 0.15) is 18.4 Å². The largest absolute Gasteiger partial charge is 0.491 e. The Kier molecular flexibility index (Phi) is 4.67. The number of rotatable bonds is 4. The predicted molar refractivity (Wildman–Crippen MR) is 69.1 cm³/mol. The zero-order chi connectivity index (χ0) is 15.5. The molecule has 0 spiro atoms. The molecule has 0 radical (unpaired) electrons. The number of hydrogen-bond acceptors (Lipinski definition) is 3. The number of carbonyl (C=O) groups excluding carboxylic acids is 1. The molecule has 0 aliphatic heterocycles. The molecule has 2 unspecified atom stereocenters. The van der Waals surface area contributed by atoms with Gasteiger partial charge in [-0.25, -0.2) is 0 Å². The van der Waals surface area contributed by atoms with Crippen molar-refractivity contribution in [3.05, 3.63) is 47.7 Å². The molecule has 0 amide bonds.